The summed E-state index contributed by atoms with van der Waals surface area (Å²) in [4.78, 5) is 34.9. The van der Waals surface area contributed by atoms with E-state index < -0.39 is 0 Å². The molecule has 1 saturated heterocycles. The van der Waals surface area contributed by atoms with E-state index in [1.165, 1.54) is 24.8 Å². The minimum Gasteiger partial charge on any atom is -0.339 e. The van der Waals surface area contributed by atoms with Gasteiger partial charge in [0.15, 0.2) is 0 Å². The third kappa shape index (κ3) is 5.10. The Kier molecular flexibility index (Phi) is 6.82. The third-order valence-corrected chi connectivity index (χ3v) is 7.45. The summed E-state index contributed by atoms with van der Waals surface area (Å²) >= 11 is 6.54. The van der Waals surface area contributed by atoms with Gasteiger partial charge in [-0.1, -0.05) is 47.9 Å². The highest BCUT2D eigenvalue weighted by atomic mass is 35.5. The fourth-order valence-corrected chi connectivity index (χ4v) is 5.47. The molecule has 34 heavy (non-hydrogen) atoms. The van der Waals surface area contributed by atoms with Gasteiger partial charge in [0.2, 0.25) is 0 Å². The Hall–Kier alpha value is -2.92. The largest absolute Gasteiger partial charge is 0.339 e. The quantitative estimate of drug-likeness (QED) is 0.501. The summed E-state index contributed by atoms with van der Waals surface area (Å²) < 4.78 is 0. The van der Waals surface area contributed by atoms with Crippen molar-refractivity contribution < 1.29 is 4.79 Å². The van der Waals surface area contributed by atoms with Gasteiger partial charge >= 0.3 is 0 Å². The van der Waals surface area contributed by atoms with Crippen molar-refractivity contribution >= 4 is 34.5 Å². The normalized spacial score (nSPS) is 17.2. The van der Waals surface area contributed by atoms with Gasteiger partial charge in [0, 0.05) is 19.5 Å². The van der Waals surface area contributed by atoms with Gasteiger partial charge in [-0.25, -0.2) is 4.98 Å². The number of hydrogen-bond donors (Lipinski definition) is 1. The molecule has 0 radical (unpaired) electrons. The molecular formula is C28H30ClN3O2. The zero-order valence-electron chi connectivity index (χ0n) is 19.4. The second kappa shape index (κ2) is 10.1. The highest BCUT2D eigenvalue weighted by molar-refractivity contribution is 6.34. The van der Waals surface area contributed by atoms with E-state index in [9.17, 15) is 9.59 Å². The number of allylic oxidation sites excluding steroid dienone is 1. The number of likely N-dealkylation sites (tertiary alicyclic amines) is 1. The van der Waals surface area contributed by atoms with Crippen molar-refractivity contribution in [2.45, 2.75) is 51.4 Å². The van der Waals surface area contributed by atoms with Gasteiger partial charge in [-0.15, -0.1) is 0 Å². The van der Waals surface area contributed by atoms with E-state index in [-0.39, 0.29) is 11.5 Å². The van der Waals surface area contributed by atoms with Crippen molar-refractivity contribution in [2.75, 3.05) is 13.1 Å². The van der Waals surface area contributed by atoms with Gasteiger partial charge in [-0.05, 0) is 74.3 Å². The molecule has 1 amide bonds. The molecule has 2 aromatic carbocycles. The average molecular weight is 476 g/mol. The van der Waals surface area contributed by atoms with Crippen LogP contribution in [-0.2, 0) is 6.42 Å². The summed E-state index contributed by atoms with van der Waals surface area (Å²) in [6.07, 6.45) is 10.9. The Bertz CT molecular complexity index is 1280. The summed E-state index contributed by atoms with van der Waals surface area (Å²) in [5.41, 5.74) is 3.77. The van der Waals surface area contributed by atoms with Crippen LogP contribution < -0.4 is 5.56 Å². The van der Waals surface area contributed by atoms with Crippen molar-refractivity contribution in [3.8, 4) is 0 Å². The lowest BCUT2D eigenvalue weighted by Gasteiger charge is -2.32. The number of aromatic nitrogens is 2. The summed E-state index contributed by atoms with van der Waals surface area (Å²) in [7, 11) is 0. The second-order valence-corrected chi connectivity index (χ2v) is 9.98. The Labute approximate surface area is 204 Å². The molecule has 2 heterocycles. The number of piperidine rings is 1. The van der Waals surface area contributed by atoms with Crippen molar-refractivity contribution in [1.82, 2.24) is 14.9 Å². The van der Waals surface area contributed by atoms with Crippen LogP contribution in [0.15, 0.2) is 52.8 Å². The van der Waals surface area contributed by atoms with Crippen LogP contribution in [0.1, 0.15) is 66.7 Å². The molecule has 176 valence electrons. The maximum absolute atomic E-state index is 13.1. The highest BCUT2D eigenvalue weighted by Gasteiger charge is 2.25. The molecule has 0 unspecified atom stereocenters. The Balaban J connectivity index is 1.21. The van der Waals surface area contributed by atoms with E-state index in [0.29, 0.717) is 41.4 Å². The molecule has 1 N–H and O–H groups in total. The number of fused-ring (bicyclic) bond motifs is 1. The van der Waals surface area contributed by atoms with Crippen LogP contribution in [0.25, 0.3) is 17.0 Å². The van der Waals surface area contributed by atoms with E-state index in [1.54, 1.807) is 6.07 Å². The number of rotatable bonds is 4. The molecule has 6 heteroatoms. The minimum absolute atomic E-state index is 0.00226. The molecule has 1 aromatic heterocycles. The Morgan fingerprint density at radius 2 is 1.85 bits per heavy atom. The summed E-state index contributed by atoms with van der Waals surface area (Å²) in [6, 6.07) is 13.2. The van der Waals surface area contributed by atoms with E-state index >= 15 is 0 Å². The maximum atomic E-state index is 13.1. The molecule has 1 aliphatic carbocycles. The third-order valence-electron chi connectivity index (χ3n) is 7.14. The molecular weight excluding hydrogens is 446 g/mol. The van der Waals surface area contributed by atoms with Crippen LogP contribution in [0.2, 0.25) is 5.02 Å². The first-order chi connectivity index (χ1) is 16.6. The number of para-hydroxylation sites is 1. The number of hydrogen-bond acceptors (Lipinski definition) is 3. The zero-order chi connectivity index (χ0) is 23.5. The van der Waals surface area contributed by atoms with Crippen LogP contribution in [0.3, 0.4) is 0 Å². The van der Waals surface area contributed by atoms with E-state index in [0.717, 1.165) is 42.6 Å². The van der Waals surface area contributed by atoms with Crippen LogP contribution in [0.4, 0.5) is 0 Å². The maximum Gasteiger partial charge on any atom is 0.258 e. The van der Waals surface area contributed by atoms with Crippen LogP contribution in [0.5, 0.6) is 0 Å². The van der Waals surface area contributed by atoms with E-state index in [2.05, 4.69) is 16.0 Å². The van der Waals surface area contributed by atoms with Crippen molar-refractivity contribution in [3.63, 3.8) is 0 Å². The van der Waals surface area contributed by atoms with Crippen LogP contribution >= 0.6 is 11.6 Å². The number of benzene rings is 2. The van der Waals surface area contributed by atoms with Crippen molar-refractivity contribution in [2.24, 2.45) is 5.92 Å². The molecule has 0 spiro atoms. The monoisotopic (exact) mass is 475 g/mol. The minimum atomic E-state index is -0.0922. The molecule has 1 saturated carbocycles. The predicted octanol–water partition coefficient (Wildman–Crippen LogP) is 6.02. The molecule has 1 aliphatic heterocycles. The Morgan fingerprint density at radius 1 is 1.09 bits per heavy atom. The lowest BCUT2D eigenvalue weighted by atomic mass is 9.92. The lowest BCUT2D eigenvalue weighted by Crippen LogP contribution is -2.39. The second-order valence-electron chi connectivity index (χ2n) is 9.57. The highest BCUT2D eigenvalue weighted by Crippen LogP contribution is 2.28. The molecule has 2 aliphatic rings. The number of aromatic amines is 1. The van der Waals surface area contributed by atoms with Gasteiger partial charge in [0.05, 0.1) is 21.5 Å². The van der Waals surface area contributed by atoms with E-state index in [1.807, 2.05) is 41.3 Å². The summed E-state index contributed by atoms with van der Waals surface area (Å²) in [5.74, 6) is 1.10. The first-order valence-corrected chi connectivity index (χ1v) is 12.7. The zero-order valence-corrected chi connectivity index (χ0v) is 20.1. The first-order valence-electron chi connectivity index (χ1n) is 12.3. The smallest absolute Gasteiger partial charge is 0.258 e. The standard InChI is InChI=1S/C28H30ClN3O2/c29-24-17-21(16-19-6-2-1-3-7-19)10-11-22(24)28(34)32-14-12-20(13-15-32)18-26-30-25-9-5-4-8-23(25)27(33)31-26/h4-5,8-11,16-17,20H,1-3,6-7,12-15,18H2,(H,30,31,33). The topological polar surface area (TPSA) is 66.1 Å². The molecule has 0 bridgehead atoms. The molecule has 3 aromatic rings. The fraction of sp³-hybridized carbons (Fsp3) is 0.393. The van der Waals surface area contributed by atoms with Gasteiger partial charge < -0.3 is 9.88 Å². The van der Waals surface area contributed by atoms with Crippen molar-refractivity contribution in [1.29, 1.82) is 0 Å². The Morgan fingerprint density at radius 3 is 2.62 bits per heavy atom. The van der Waals surface area contributed by atoms with Gasteiger partial charge in [0.25, 0.3) is 11.5 Å². The fourth-order valence-electron chi connectivity index (χ4n) is 5.20. The number of halogens is 1. The average Bonchev–Trinajstić information content (AvgIpc) is 2.85. The van der Waals surface area contributed by atoms with Gasteiger partial charge in [0.1, 0.15) is 5.82 Å². The number of carbonyl (C=O) groups excluding carboxylic acids is 1. The lowest BCUT2D eigenvalue weighted by molar-refractivity contribution is 0.0690. The number of amides is 1. The first kappa shape index (κ1) is 22.9. The number of nitrogens with zero attached hydrogens (tertiary/aromatic N) is 2. The molecule has 5 nitrogen and oxygen atoms in total. The van der Waals surface area contributed by atoms with Crippen LogP contribution in [-0.4, -0.2) is 33.9 Å². The molecule has 2 fully saturated rings. The SMILES string of the molecule is O=C(c1ccc(C=C2CCCCC2)cc1Cl)N1CCC(Cc2nc3ccccc3c(=O)[nH]2)CC1. The molecule has 0 atom stereocenters. The summed E-state index contributed by atoms with van der Waals surface area (Å²) in [6.45, 7) is 1.37. The van der Waals surface area contributed by atoms with Gasteiger partial charge in [-0.2, -0.15) is 0 Å². The number of nitrogens with one attached hydrogen (secondary N) is 1. The van der Waals surface area contributed by atoms with Crippen LogP contribution in [0, 0.1) is 5.92 Å². The number of H-pyrrole nitrogens is 1. The molecule has 5 rings (SSSR count). The van der Waals surface area contributed by atoms with Gasteiger partial charge in [-0.3, -0.25) is 9.59 Å². The number of carbonyl (C=O) groups is 1. The summed E-state index contributed by atoms with van der Waals surface area (Å²) in [5, 5.41) is 1.14. The van der Waals surface area contributed by atoms with E-state index in [4.69, 9.17) is 11.6 Å². The predicted molar refractivity (Wildman–Crippen MR) is 137 cm³/mol. The van der Waals surface area contributed by atoms with Crippen molar-refractivity contribution in [3.05, 3.63) is 80.4 Å².